The number of hydrogen-bond acceptors (Lipinski definition) is 8. The number of carbonyl (C=O) groups is 1. The molecular weight excluding hydrogens is 517 g/mol. The molecule has 0 radical (unpaired) electrons. The van der Waals surface area contributed by atoms with E-state index in [2.05, 4.69) is 15.3 Å². The molecule has 0 aliphatic carbocycles. The highest BCUT2D eigenvalue weighted by Gasteiger charge is 2.42. The number of aromatic nitrogens is 4. The average molecular weight is 533 g/mol. The van der Waals surface area contributed by atoms with Gasteiger partial charge in [0.05, 0.1) is 10.6 Å². The van der Waals surface area contributed by atoms with Gasteiger partial charge in [0.1, 0.15) is 0 Å². The van der Waals surface area contributed by atoms with Gasteiger partial charge in [-0.25, -0.2) is 18.0 Å². The zero-order valence-corrected chi connectivity index (χ0v) is 19.0. The number of alkyl halides is 3. The highest BCUT2D eigenvalue weighted by molar-refractivity contribution is 7.90. The van der Waals surface area contributed by atoms with Gasteiger partial charge < -0.3 is 10.6 Å². The first-order valence-electron chi connectivity index (χ1n) is 9.73. The Kier molecular flexibility index (Phi) is 7.40. The molecule has 0 fully saturated rings. The minimum Gasteiger partial charge on any atom is -0.327 e. The van der Waals surface area contributed by atoms with Crippen molar-refractivity contribution in [3.8, 4) is 16.8 Å². The van der Waals surface area contributed by atoms with Crippen molar-refractivity contribution in [1.29, 1.82) is 0 Å². The van der Waals surface area contributed by atoms with E-state index in [1.165, 1.54) is 42.5 Å². The Hall–Kier alpha value is -3.92. The van der Waals surface area contributed by atoms with Crippen molar-refractivity contribution in [2.24, 2.45) is 5.73 Å². The lowest BCUT2D eigenvalue weighted by atomic mass is 9.94. The second kappa shape index (κ2) is 9.98. The van der Waals surface area contributed by atoms with Gasteiger partial charge in [-0.3, -0.25) is 0 Å². The van der Waals surface area contributed by atoms with Gasteiger partial charge in [0, 0.05) is 24.8 Å². The first kappa shape index (κ1) is 26.7. The minimum absolute atomic E-state index is 0.0262. The molecule has 0 unspecified atom stereocenters. The molecule has 3 aromatic rings. The summed E-state index contributed by atoms with van der Waals surface area (Å²) in [4.78, 5) is 27.0. The van der Waals surface area contributed by atoms with E-state index in [1.54, 1.807) is 0 Å². The summed E-state index contributed by atoms with van der Waals surface area (Å²) in [7, 11) is -3.49. The van der Waals surface area contributed by atoms with Crippen LogP contribution >= 0.6 is 0 Å². The summed E-state index contributed by atoms with van der Waals surface area (Å²) in [5.41, 5.74) is 4.50. The Bertz CT molecular complexity index is 1490. The van der Waals surface area contributed by atoms with Gasteiger partial charge in [0.2, 0.25) is 0 Å². The van der Waals surface area contributed by atoms with Gasteiger partial charge in [-0.05, 0) is 56.2 Å². The summed E-state index contributed by atoms with van der Waals surface area (Å²) in [5.74, 6) is -2.71. The van der Waals surface area contributed by atoms with E-state index in [1.807, 2.05) is 0 Å². The van der Waals surface area contributed by atoms with E-state index in [-0.39, 0.29) is 27.4 Å². The Labute approximate surface area is 199 Å². The molecule has 192 valence electrons. The van der Waals surface area contributed by atoms with E-state index in [9.17, 15) is 40.0 Å². The zero-order valence-electron chi connectivity index (χ0n) is 18.2. The van der Waals surface area contributed by atoms with Crippen LogP contribution in [0, 0.1) is 0 Å². The topological polar surface area (TPSA) is 139 Å². The van der Waals surface area contributed by atoms with Gasteiger partial charge >= 0.3 is 17.8 Å². The first-order valence-corrected chi connectivity index (χ1v) is 11.6. The van der Waals surface area contributed by atoms with Crippen molar-refractivity contribution in [2.75, 3.05) is 12.8 Å². The fourth-order valence-corrected chi connectivity index (χ4v) is 3.68. The maximum absolute atomic E-state index is 13.3. The highest BCUT2D eigenvalue weighted by atomic mass is 32.2. The van der Waals surface area contributed by atoms with Crippen molar-refractivity contribution in [3.05, 3.63) is 70.2 Å². The molecule has 10 nitrogen and oxygen atoms in total. The lowest BCUT2D eigenvalue weighted by Gasteiger charge is -2.13. The smallest absolute Gasteiger partial charge is 0.327 e. The van der Waals surface area contributed by atoms with Crippen molar-refractivity contribution >= 4 is 15.8 Å². The van der Waals surface area contributed by atoms with E-state index in [4.69, 9.17) is 5.73 Å². The van der Waals surface area contributed by atoms with Crippen LogP contribution in [0.3, 0.4) is 0 Å². The molecule has 0 aliphatic rings. The molecule has 0 saturated carbocycles. The van der Waals surface area contributed by atoms with Crippen molar-refractivity contribution in [1.82, 2.24) is 20.0 Å². The Morgan fingerprint density at radius 3 is 2.25 bits per heavy atom. The van der Waals surface area contributed by atoms with E-state index < -0.39 is 45.9 Å². The number of tetrazole rings is 1. The number of nitrogens with zero attached hydrogens (tertiary/aromatic N) is 4. The standard InChI is InChI=1S/C20H16F5N5O5S/c1-36(33,34)15-5-2-11(3-6-15)16-7-4-14(9-12(16)8-13(10-26)17(21)22)29-19(32)30(28-27-29)35-18(31)20(23,24)25/h2-7,9H,8,10,26H2,1H3. The fourth-order valence-electron chi connectivity index (χ4n) is 3.05. The molecule has 0 bridgehead atoms. The molecule has 1 heterocycles. The molecule has 0 aliphatic heterocycles. The van der Waals surface area contributed by atoms with Crippen molar-refractivity contribution in [2.45, 2.75) is 17.5 Å². The third-order valence-electron chi connectivity index (χ3n) is 4.80. The number of hydrogen-bond donors (Lipinski definition) is 1. The molecule has 3 rings (SSSR count). The molecule has 0 atom stereocenters. The van der Waals surface area contributed by atoms with Gasteiger partial charge in [0.25, 0.3) is 6.08 Å². The molecule has 36 heavy (non-hydrogen) atoms. The third kappa shape index (κ3) is 5.83. The molecule has 1 aromatic heterocycles. The quantitative estimate of drug-likeness (QED) is 0.358. The molecule has 16 heteroatoms. The third-order valence-corrected chi connectivity index (χ3v) is 5.93. The average Bonchev–Trinajstić information content (AvgIpc) is 3.16. The van der Waals surface area contributed by atoms with Crippen LogP contribution in [0.4, 0.5) is 22.0 Å². The number of sulfone groups is 1. The van der Waals surface area contributed by atoms with Crippen LogP contribution in [0.2, 0.25) is 0 Å². The van der Waals surface area contributed by atoms with Crippen LogP contribution in [-0.2, 0) is 21.1 Å². The maximum atomic E-state index is 13.3. The summed E-state index contributed by atoms with van der Waals surface area (Å²) in [6.45, 7) is -0.497. The number of nitrogens with two attached hydrogens (primary N) is 1. The van der Waals surface area contributed by atoms with Gasteiger partial charge in [0.15, 0.2) is 9.84 Å². The number of benzene rings is 2. The Morgan fingerprint density at radius 1 is 1.08 bits per heavy atom. The SMILES string of the molecule is CS(=O)(=O)c1ccc(-c2ccc(-n3nnn(OC(=O)C(F)(F)F)c3=O)cc2CC(CN)=C(F)F)cc1. The Balaban J connectivity index is 2.09. The molecule has 2 N–H and O–H groups in total. The molecule has 0 saturated heterocycles. The van der Waals surface area contributed by atoms with E-state index in [0.717, 1.165) is 6.26 Å². The summed E-state index contributed by atoms with van der Waals surface area (Å²) < 4.78 is 87.8. The number of halogens is 5. The minimum atomic E-state index is -5.40. The van der Waals surface area contributed by atoms with Crippen LogP contribution in [0.25, 0.3) is 16.8 Å². The van der Waals surface area contributed by atoms with Crippen molar-refractivity contribution in [3.63, 3.8) is 0 Å². The van der Waals surface area contributed by atoms with Crippen LogP contribution in [-0.4, -0.2) is 53.3 Å². The first-order chi connectivity index (χ1) is 16.7. The van der Waals surface area contributed by atoms with E-state index >= 15 is 0 Å². The summed E-state index contributed by atoms with van der Waals surface area (Å²) in [6.07, 6.45) is -6.79. The van der Waals surface area contributed by atoms with Crippen molar-refractivity contribution < 1.29 is 40.0 Å². The fraction of sp³-hybridized carbons (Fsp3) is 0.200. The van der Waals surface area contributed by atoms with Crippen LogP contribution in [0.15, 0.2) is 63.8 Å². The summed E-state index contributed by atoms with van der Waals surface area (Å²) >= 11 is 0. The zero-order chi connectivity index (χ0) is 26.8. The largest absolute Gasteiger partial charge is 0.493 e. The predicted octanol–water partition coefficient (Wildman–Crippen LogP) is 1.67. The molecule has 0 spiro atoms. The van der Waals surface area contributed by atoms with Gasteiger partial charge in [-0.1, -0.05) is 18.2 Å². The van der Waals surface area contributed by atoms with Gasteiger partial charge in [-0.2, -0.15) is 26.6 Å². The lowest BCUT2D eigenvalue weighted by molar-refractivity contribution is -0.202. The van der Waals surface area contributed by atoms with E-state index in [0.29, 0.717) is 15.8 Å². The van der Waals surface area contributed by atoms with Crippen LogP contribution < -0.4 is 16.3 Å². The lowest BCUT2D eigenvalue weighted by Crippen LogP contribution is -2.39. The molecule has 0 amide bonds. The monoisotopic (exact) mass is 533 g/mol. The number of rotatable bonds is 7. The summed E-state index contributed by atoms with van der Waals surface area (Å²) in [5, 5.41) is 6.42. The van der Waals surface area contributed by atoms with Gasteiger partial charge in [-0.15, -0.1) is 0 Å². The summed E-state index contributed by atoms with van der Waals surface area (Å²) in [6, 6.07) is 9.47. The molecule has 2 aromatic carbocycles. The maximum Gasteiger partial charge on any atom is 0.493 e. The second-order valence-electron chi connectivity index (χ2n) is 7.31. The predicted molar refractivity (Wildman–Crippen MR) is 114 cm³/mol. The second-order valence-corrected chi connectivity index (χ2v) is 9.32. The molecular formula is C20H16F5N5O5S. The number of carbonyl (C=O) groups excluding carboxylic acids is 1. The normalized spacial score (nSPS) is 11.9. The Morgan fingerprint density at radius 2 is 1.72 bits per heavy atom. The van der Waals surface area contributed by atoms with Crippen LogP contribution in [0.1, 0.15) is 5.56 Å². The van der Waals surface area contributed by atoms with Crippen LogP contribution in [0.5, 0.6) is 0 Å². The highest BCUT2D eigenvalue weighted by Crippen LogP contribution is 2.29.